The van der Waals surface area contributed by atoms with Gasteiger partial charge in [-0.05, 0) is 108 Å². The molecule has 4 aromatic carbocycles. The lowest BCUT2D eigenvalue weighted by Gasteiger charge is -2.34. The Bertz CT molecular complexity index is 1820. The molecule has 4 aromatic rings. The van der Waals surface area contributed by atoms with Crippen molar-refractivity contribution in [1.82, 2.24) is 10.2 Å². The van der Waals surface area contributed by atoms with Crippen molar-refractivity contribution in [1.29, 1.82) is 0 Å². The zero-order valence-corrected chi connectivity index (χ0v) is 27.7. The molecule has 1 aliphatic carbocycles. The van der Waals surface area contributed by atoms with Crippen LogP contribution in [0.3, 0.4) is 0 Å². The van der Waals surface area contributed by atoms with E-state index in [1.165, 1.54) is 22.3 Å². The second kappa shape index (κ2) is 14.6. The molecule has 0 unspecified atom stereocenters. The summed E-state index contributed by atoms with van der Waals surface area (Å²) in [6.45, 7) is 6.57. The molecule has 1 saturated heterocycles. The van der Waals surface area contributed by atoms with Gasteiger partial charge in [0.25, 0.3) is 5.91 Å². The number of carbonyl (C=O) groups is 2. The Balaban J connectivity index is 0.851. The summed E-state index contributed by atoms with van der Waals surface area (Å²) in [6, 6.07) is 30.3. The predicted molar refractivity (Wildman–Crippen MR) is 190 cm³/mol. The molecule has 252 valence electrons. The van der Waals surface area contributed by atoms with E-state index in [9.17, 15) is 14.7 Å². The molecule has 2 aliphatic heterocycles. The van der Waals surface area contributed by atoms with Crippen molar-refractivity contribution in [2.45, 2.75) is 56.5 Å². The number of ether oxygens (including phenoxy) is 2. The molecule has 8 nitrogen and oxygen atoms in total. The van der Waals surface area contributed by atoms with Crippen LogP contribution in [-0.4, -0.2) is 54.2 Å². The van der Waals surface area contributed by atoms with E-state index in [1.54, 1.807) is 11.0 Å². The molecule has 2 amide bonds. The molecule has 2 heterocycles. The highest BCUT2D eigenvalue weighted by molar-refractivity contribution is 6.01. The van der Waals surface area contributed by atoms with Gasteiger partial charge in [0, 0.05) is 42.6 Å². The molecule has 3 N–H and O–H groups in total. The first-order chi connectivity index (χ1) is 23.9. The fraction of sp³-hybridized carbons (Fsp3) is 0.317. The van der Waals surface area contributed by atoms with Gasteiger partial charge in [0.1, 0.15) is 24.1 Å². The van der Waals surface area contributed by atoms with Gasteiger partial charge in [0.05, 0.1) is 6.61 Å². The third-order valence-corrected chi connectivity index (χ3v) is 9.98. The van der Waals surface area contributed by atoms with E-state index in [0.717, 1.165) is 42.8 Å². The first kappa shape index (κ1) is 32.5. The number of nitrogens with zero attached hydrogens (tertiary/aromatic N) is 1. The first-order valence-corrected chi connectivity index (χ1v) is 17.3. The van der Waals surface area contributed by atoms with Crippen molar-refractivity contribution in [3.05, 3.63) is 137 Å². The largest absolute Gasteiger partial charge is 0.508 e. The van der Waals surface area contributed by atoms with Crippen LogP contribution in [0.1, 0.15) is 75.7 Å². The number of piperidine rings is 1. The van der Waals surface area contributed by atoms with E-state index >= 15 is 0 Å². The van der Waals surface area contributed by atoms with E-state index in [-0.39, 0.29) is 17.7 Å². The SMILES string of the molecule is C=C1CC[C@H](N2Cc3cc(NCCCOCCOc4ccc([C@H]5c6ccc(O)cc6CC[C@H]5c5ccccc5)cc4)ccc3C2=O)C(=O)N1. The minimum Gasteiger partial charge on any atom is -0.508 e. The van der Waals surface area contributed by atoms with Crippen LogP contribution in [0.5, 0.6) is 11.5 Å². The summed E-state index contributed by atoms with van der Waals surface area (Å²) in [7, 11) is 0. The highest BCUT2D eigenvalue weighted by Crippen LogP contribution is 2.47. The highest BCUT2D eigenvalue weighted by atomic mass is 16.5. The third kappa shape index (κ3) is 7.20. The molecule has 3 aliphatic rings. The number of phenolic OH excluding ortho intramolecular Hbond substituents is 1. The van der Waals surface area contributed by atoms with E-state index in [0.29, 0.717) is 62.1 Å². The Morgan fingerprint density at radius 3 is 2.51 bits per heavy atom. The third-order valence-electron chi connectivity index (χ3n) is 9.98. The minimum absolute atomic E-state index is 0.0886. The smallest absolute Gasteiger partial charge is 0.255 e. The molecule has 3 atom stereocenters. The quantitative estimate of drug-likeness (QED) is 0.143. The monoisotopic (exact) mass is 657 g/mol. The number of aryl methyl sites for hydroxylation is 1. The molecular formula is C41H43N3O5. The van der Waals surface area contributed by atoms with Gasteiger partial charge < -0.3 is 30.1 Å². The number of nitrogens with one attached hydrogen (secondary N) is 2. The minimum atomic E-state index is -0.452. The predicted octanol–water partition coefficient (Wildman–Crippen LogP) is 6.90. The maximum atomic E-state index is 13.0. The Morgan fingerprint density at radius 1 is 0.857 bits per heavy atom. The Kier molecular flexibility index (Phi) is 9.66. The molecule has 7 rings (SSSR count). The van der Waals surface area contributed by atoms with Crippen LogP contribution in [0.4, 0.5) is 5.69 Å². The van der Waals surface area contributed by atoms with Crippen molar-refractivity contribution in [2.24, 2.45) is 0 Å². The average molecular weight is 658 g/mol. The van der Waals surface area contributed by atoms with Gasteiger partial charge in [0.15, 0.2) is 0 Å². The number of benzene rings is 4. The number of aromatic hydroxyl groups is 1. The lowest BCUT2D eigenvalue weighted by molar-refractivity contribution is -0.126. The number of fused-ring (bicyclic) bond motifs is 2. The molecule has 0 radical (unpaired) electrons. The van der Waals surface area contributed by atoms with Crippen LogP contribution < -0.4 is 15.4 Å². The number of amides is 2. The second-order valence-electron chi connectivity index (χ2n) is 13.2. The van der Waals surface area contributed by atoms with Gasteiger partial charge in [-0.15, -0.1) is 0 Å². The maximum absolute atomic E-state index is 13.0. The summed E-state index contributed by atoms with van der Waals surface area (Å²) >= 11 is 0. The van der Waals surface area contributed by atoms with Crippen LogP contribution in [-0.2, 0) is 22.5 Å². The number of allylic oxidation sites excluding steroid dienone is 1. The molecule has 0 spiro atoms. The van der Waals surface area contributed by atoms with E-state index in [2.05, 4.69) is 65.7 Å². The maximum Gasteiger partial charge on any atom is 0.255 e. The Morgan fingerprint density at radius 2 is 1.69 bits per heavy atom. The van der Waals surface area contributed by atoms with Crippen LogP contribution in [0.15, 0.2) is 103 Å². The van der Waals surface area contributed by atoms with Gasteiger partial charge in [0.2, 0.25) is 5.91 Å². The first-order valence-electron chi connectivity index (χ1n) is 17.3. The Hall–Kier alpha value is -5.08. The summed E-state index contributed by atoms with van der Waals surface area (Å²) in [5, 5.41) is 16.3. The molecule has 8 heteroatoms. The van der Waals surface area contributed by atoms with Crippen molar-refractivity contribution >= 4 is 17.5 Å². The summed E-state index contributed by atoms with van der Waals surface area (Å²) in [5.41, 5.74) is 8.35. The van der Waals surface area contributed by atoms with Crippen LogP contribution in [0.25, 0.3) is 0 Å². The summed E-state index contributed by atoms with van der Waals surface area (Å²) < 4.78 is 11.8. The lowest BCUT2D eigenvalue weighted by atomic mass is 9.69. The normalized spacial score (nSPS) is 20.0. The van der Waals surface area contributed by atoms with E-state index in [4.69, 9.17) is 9.47 Å². The van der Waals surface area contributed by atoms with Crippen molar-refractivity contribution in [3.8, 4) is 11.5 Å². The molecule has 49 heavy (non-hydrogen) atoms. The molecule has 1 fully saturated rings. The van der Waals surface area contributed by atoms with Crippen molar-refractivity contribution < 1.29 is 24.2 Å². The number of phenols is 1. The van der Waals surface area contributed by atoms with Gasteiger partial charge in [-0.2, -0.15) is 0 Å². The fourth-order valence-corrected chi connectivity index (χ4v) is 7.54. The number of hydrogen-bond acceptors (Lipinski definition) is 6. The summed E-state index contributed by atoms with van der Waals surface area (Å²) in [6.07, 6.45) is 4.09. The van der Waals surface area contributed by atoms with Crippen LogP contribution in [0, 0.1) is 0 Å². The number of hydrogen-bond donors (Lipinski definition) is 3. The van der Waals surface area contributed by atoms with Gasteiger partial charge in [-0.1, -0.05) is 55.1 Å². The van der Waals surface area contributed by atoms with E-state index in [1.807, 2.05) is 36.4 Å². The fourth-order valence-electron chi connectivity index (χ4n) is 7.54. The number of rotatable bonds is 12. The number of anilines is 1. The average Bonchev–Trinajstić information content (AvgIpc) is 3.44. The zero-order chi connectivity index (χ0) is 33.7. The van der Waals surface area contributed by atoms with Crippen molar-refractivity contribution in [3.63, 3.8) is 0 Å². The van der Waals surface area contributed by atoms with Crippen LogP contribution in [0.2, 0.25) is 0 Å². The van der Waals surface area contributed by atoms with Crippen LogP contribution >= 0.6 is 0 Å². The Labute approximate surface area is 287 Å². The van der Waals surface area contributed by atoms with Gasteiger partial charge >= 0.3 is 0 Å². The highest BCUT2D eigenvalue weighted by Gasteiger charge is 2.38. The van der Waals surface area contributed by atoms with Gasteiger partial charge in [-0.25, -0.2) is 0 Å². The summed E-state index contributed by atoms with van der Waals surface area (Å²) in [4.78, 5) is 27.1. The van der Waals surface area contributed by atoms with Gasteiger partial charge in [-0.3, -0.25) is 9.59 Å². The van der Waals surface area contributed by atoms with Crippen molar-refractivity contribution in [2.75, 3.05) is 31.7 Å². The molecule has 0 saturated carbocycles. The second-order valence-corrected chi connectivity index (χ2v) is 13.2. The summed E-state index contributed by atoms with van der Waals surface area (Å²) in [5.74, 6) is 1.47. The standard InChI is InChI=1S/C41H43N3O5/c1-27-8-19-38(40(46)43-27)44-26-31-24-32(12-17-37(31)41(44)47)42-20-5-21-48-22-23-49-34-14-9-29(10-15-34)39-35(28-6-3-2-4-7-28)16-11-30-25-33(45)13-18-36(30)39/h2-4,6-7,9-10,12-15,17-18,24-25,35,38-39,42,45H,1,5,8,11,16,19-23,26H2,(H,43,46)/t35-,38-,39+/m0/s1. The van der Waals surface area contributed by atoms with E-state index < -0.39 is 6.04 Å². The zero-order valence-electron chi connectivity index (χ0n) is 27.7. The lowest BCUT2D eigenvalue weighted by Crippen LogP contribution is -2.49. The molecule has 0 bridgehead atoms. The molecule has 0 aromatic heterocycles. The molecular weight excluding hydrogens is 614 g/mol. The topological polar surface area (TPSA) is 100 Å². The number of carbonyl (C=O) groups excluding carboxylic acids is 2.